The van der Waals surface area contributed by atoms with Gasteiger partial charge in [0.2, 0.25) is 5.88 Å². The van der Waals surface area contributed by atoms with Crippen molar-refractivity contribution >= 4 is 29.5 Å². The van der Waals surface area contributed by atoms with E-state index in [1.165, 1.54) is 0 Å². The molecule has 3 aromatic heterocycles. The molecule has 38 heavy (non-hydrogen) atoms. The molecule has 3 aromatic rings. The lowest BCUT2D eigenvalue weighted by atomic mass is 9.93. The summed E-state index contributed by atoms with van der Waals surface area (Å²) in [5.74, 6) is 2.59. The fraction of sp³-hybridized carbons (Fsp3) is 0.500. The summed E-state index contributed by atoms with van der Waals surface area (Å²) in [6, 6.07) is 10.8. The van der Waals surface area contributed by atoms with Crippen LogP contribution in [0.15, 0.2) is 47.6 Å². The highest BCUT2D eigenvalue weighted by Gasteiger charge is 2.40. The number of rotatable bonds is 12. The first kappa shape index (κ1) is 27.8. The van der Waals surface area contributed by atoms with Gasteiger partial charge in [-0.1, -0.05) is 39.2 Å². The van der Waals surface area contributed by atoms with Crippen molar-refractivity contribution in [2.45, 2.75) is 76.8 Å². The summed E-state index contributed by atoms with van der Waals surface area (Å²) in [5.41, 5.74) is 6.17. The highest BCUT2D eigenvalue weighted by Crippen LogP contribution is 2.39. The molecule has 1 amide bonds. The summed E-state index contributed by atoms with van der Waals surface area (Å²) < 4.78 is 10.4. The van der Waals surface area contributed by atoms with Crippen molar-refractivity contribution in [3.05, 3.63) is 48.2 Å². The molecule has 204 valence electrons. The molecule has 1 fully saturated rings. The van der Waals surface area contributed by atoms with Gasteiger partial charge in [0.1, 0.15) is 16.7 Å². The number of nitrogens with two attached hydrogens (primary N) is 1. The third-order valence-electron chi connectivity index (χ3n) is 6.81. The van der Waals surface area contributed by atoms with Gasteiger partial charge in [0, 0.05) is 36.3 Å². The number of nitrogens with zero attached hydrogens (tertiary/aromatic N) is 5. The number of nitrogens with one attached hydrogen (secondary N) is 1. The quantitative estimate of drug-likeness (QED) is 0.225. The molecule has 0 spiro atoms. The minimum atomic E-state index is -0.233. The Morgan fingerprint density at radius 3 is 2.76 bits per heavy atom. The smallest absolute Gasteiger partial charge is 0.265 e. The number of aromatic nitrogens is 4. The van der Waals surface area contributed by atoms with Crippen LogP contribution in [0.2, 0.25) is 0 Å². The molecule has 0 radical (unpaired) electrons. The number of hydrogen-bond donors (Lipinski definition) is 2. The van der Waals surface area contributed by atoms with E-state index in [0.29, 0.717) is 46.4 Å². The molecule has 1 aliphatic heterocycles. The van der Waals surface area contributed by atoms with Crippen molar-refractivity contribution in [3.8, 4) is 11.7 Å². The molecule has 1 aliphatic rings. The van der Waals surface area contributed by atoms with E-state index in [1.807, 2.05) is 36.5 Å². The first-order chi connectivity index (χ1) is 18.3. The van der Waals surface area contributed by atoms with Crippen LogP contribution in [0.1, 0.15) is 76.6 Å². The van der Waals surface area contributed by atoms with Crippen molar-refractivity contribution < 1.29 is 9.53 Å². The van der Waals surface area contributed by atoms with Crippen LogP contribution in [0.5, 0.6) is 5.88 Å². The molecule has 0 aliphatic carbocycles. The Hall–Kier alpha value is -3.27. The number of carbonyl (C=O) groups is 1. The summed E-state index contributed by atoms with van der Waals surface area (Å²) in [6.45, 7) is 10.3. The van der Waals surface area contributed by atoms with Gasteiger partial charge in [-0.15, -0.1) is 5.10 Å². The van der Waals surface area contributed by atoms with Crippen LogP contribution in [0.25, 0.3) is 5.82 Å². The van der Waals surface area contributed by atoms with Crippen molar-refractivity contribution in [1.82, 2.24) is 24.5 Å². The molecule has 1 saturated heterocycles. The normalized spacial score (nSPS) is 16.5. The summed E-state index contributed by atoms with van der Waals surface area (Å²) in [6.07, 6.45) is 8.45. The lowest BCUT2D eigenvalue weighted by Crippen LogP contribution is -2.40. The Bertz CT molecular complexity index is 1230. The van der Waals surface area contributed by atoms with E-state index in [0.717, 1.165) is 57.0 Å². The number of pyridine rings is 2. The zero-order valence-electron chi connectivity index (χ0n) is 22.8. The number of hydrogen-bond acceptors (Lipinski definition) is 8. The van der Waals surface area contributed by atoms with Crippen molar-refractivity contribution in [1.29, 1.82) is 0 Å². The van der Waals surface area contributed by atoms with Gasteiger partial charge < -0.3 is 15.4 Å². The molecule has 3 N–H and O–H groups in total. The Labute approximate surface area is 229 Å². The molecule has 10 heteroatoms. The van der Waals surface area contributed by atoms with Crippen LogP contribution in [0.3, 0.4) is 0 Å². The largest absolute Gasteiger partial charge is 0.477 e. The molecule has 0 saturated carbocycles. The second kappa shape index (κ2) is 12.5. The second-order valence-corrected chi connectivity index (χ2v) is 11.2. The summed E-state index contributed by atoms with van der Waals surface area (Å²) >= 11 is 1.14. The van der Waals surface area contributed by atoms with Gasteiger partial charge in [0.25, 0.3) is 5.91 Å². The van der Waals surface area contributed by atoms with E-state index < -0.39 is 0 Å². The molecule has 9 nitrogen and oxygen atoms in total. The summed E-state index contributed by atoms with van der Waals surface area (Å²) in [5, 5.41) is 5.20. The monoisotopic (exact) mass is 537 g/mol. The average Bonchev–Trinajstić information content (AvgIpc) is 3.48. The fourth-order valence-electron chi connectivity index (χ4n) is 4.99. The Morgan fingerprint density at radius 1 is 1.16 bits per heavy atom. The van der Waals surface area contributed by atoms with E-state index in [1.54, 1.807) is 10.7 Å². The average molecular weight is 538 g/mol. The van der Waals surface area contributed by atoms with E-state index in [9.17, 15) is 4.79 Å². The highest BCUT2D eigenvalue weighted by atomic mass is 32.2. The maximum absolute atomic E-state index is 13.4. The van der Waals surface area contributed by atoms with Gasteiger partial charge in [-0.25, -0.2) is 14.6 Å². The van der Waals surface area contributed by atoms with Crippen LogP contribution in [-0.2, 0) is 0 Å². The maximum Gasteiger partial charge on any atom is 0.265 e. The Balaban J connectivity index is 1.61. The maximum atomic E-state index is 13.4. The number of amides is 1. The van der Waals surface area contributed by atoms with Crippen LogP contribution in [-0.4, -0.2) is 44.3 Å². The highest BCUT2D eigenvalue weighted by molar-refractivity contribution is 7.97. The second-order valence-electron chi connectivity index (χ2n) is 10.4. The minimum absolute atomic E-state index is 0.138. The lowest BCUT2D eigenvalue weighted by molar-refractivity contribution is 0.0984. The van der Waals surface area contributed by atoms with Gasteiger partial charge in [0.05, 0.1) is 12.2 Å². The number of carbonyl (C=O) groups excluding carboxylic acids is 1. The predicted molar refractivity (Wildman–Crippen MR) is 153 cm³/mol. The number of unbranched alkanes of at least 4 members (excludes halogenated alkanes) is 2. The van der Waals surface area contributed by atoms with Crippen molar-refractivity contribution in [2.75, 3.05) is 23.8 Å². The predicted octanol–water partition coefficient (Wildman–Crippen LogP) is 5.66. The number of nitrogen functional groups attached to an aromatic ring is 1. The third-order valence-corrected chi connectivity index (χ3v) is 7.53. The van der Waals surface area contributed by atoms with Gasteiger partial charge in [-0.05, 0) is 63.3 Å². The van der Waals surface area contributed by atoms with Crippen LogP contribution in [0.4, 0.5) is 11.6 Å². The lowest BCUT2D eigenvalue weighted by Gasteiger charge is -2.34. The molecule has 0 bridgehead atoms. The molecule has 4 rings (SSSR count). The van der Waals surface area contributed by atoms with Gasteiger partial charge in [0.15, 0.2) is 5.82 Å². The SMILES string of the molecule is CCCCCOc1ccn(-c2ccc(C(=O)NSc3cccc(N)n3)c(N3CC(CCC)CC3(C)C)n2)n1. The zero-order valence-corrected chi connectivity index (χ0v) is 23.6. The van der Waals surface area contributed by atoms with Crippen molar-refractivity contribution in [3.63, 3.8) is 0 Å². The minimum Gasteiger partial charge on any atom is -0.477 e. The first-order valence-corrected chi connectivity index (χ1v) is 14.3. The Kier molecular flexibility index (Phi) is 9.14. The Morgan fingerprint density at radius 2 is 2.00 bits per heavy atom. The fourth-order valence-corrected chi connectivity index (χ4v) is 5.60. The number of ether oxygens (including phenoxy) is 1. The molecule has 0 aromatic carbocycles. The third kappa shape index (κ3) is 6.78. The van der Waals surface area contributed by atoms with E-state index in [2.05, 4.69) is 47.4 Å². The van der Waals surface area contributed by atoms with E-state index >= 15 is 0 Å². The topological polar surface area (TPSA) is 111 Å². The van der Waals surface area contributed by atoms with Crippen molar-refractivity contribution in [2.24, 2.45) is 5.92 Å². The molecular formula is C28H39N7O2S. The summed E-state index contributed by atoms with van der Waals surface area (Å²) in [7, 11) is 0. The summed E-state index contributed by atoms with van der Waals surface area (Å²) in [4.78, 5) is 25.0. The zero-order chi connectivity index (χ0) is 27.1. The van der Waals surface area contributed by atoms with E-state index in [4.69, 9.17) is 15.5 Å². The van der Waals surface area contributed by atoms with E-state index in [-0.39, 0.29) is 11.4 Å². The molecule has 1 atom stereocenters. The molecule has 4 heterocycles. The van der Waals surface area contributed by atoms with Gasteiger partial charge in [-0.2, -0.15) is 0 Å². The van der Waals surface area contributed by atoms with Gasteiger partial charge >= 0.3 is 0 Å². The first-order valence-electron chi connectivity index (χ1n) is 13.5. The molecule has 1 unspecified atom stereocenters. The van der Waals surface area contributed by atoms with Crippen LogP contribution in [0, 0.1) is 5.92 Å². The number of anilines is 2. The van der Waals surface area contributed by atoms with Gasteiger partial charge in [-0.3, -0.25) is 9.52 Å². The van der Waals surface area contributed by atoms with Crippen LogP contribution >= 0.6 is 11.9 Å². The van der Waals surface area contributed by atoms with Crippen LogP contribution < -0.4 is 20.1 Å². The standard InChI is InChI=1S/C28H39N7O2S/c1-5-7-8-17-37-24-15-16-35(32-24)23-14-13-21(27(36)33-38-25-12-9-11-22(29)30-25)26(31-23)34-19-20(10-6-2)18-28(34,3)4/h9,11-16,20H,5-8,10,17-19H2,1-4H3,(H2,29,30)(H,33,36). The molecular weight excluding hydrogens is 498 g/mol.